The standard InChI is InChI=1S/C15H14BrFO2/c1-19-15-7-4-11(16)9-13(15)14(18)8-10-2-5-12(17)6-3-10/h2-7,9,14,18H,8H2,1H3. The zero-order chi connectivity index (χ0) is 13.8. The van der Waals surface area contributed by atoms with Gasteiger partial charge in [0, 0.05) is 16.5 Å². The Hall–Kier alpha value is -1.39. The van der Waals surface area contributed by atoms with Gasteiger partial charge in [-0.25, -0.2) is 4.39 Å². The van der Waals surface area contributed by atoms with E-state index in [-0.39, 0.29) is 5.82 Å². The van der Waals surface area contributed by atoms with E-state index < -0.39 is 6.10 Å². The monoisotopic (exact) mass is 324 g/mol. The second kappa shape index (κ2) is 6.17. The molecule has 0 spiro atoms. The number of methoxy groups -OCH3 is 1. The van der Waals surface area contributed by atoms with E-state index in [2.05, 4.69) is 15.9 Å². The average Bonchev–Trinajstić information content (AvgIpc) is 2.41. The third-order valence-electron chi connectivity index (χ3n) is 2.89. The Morgan fingerprint density at radius 1 is 1.21 bits per heavy atom. The highest BCUT2D eigenvalue weighted by Gasteiger charge is 2.14. The normalized spacial score (nSPS) is 12.2. The summed E-state index contributed by atoms with van der Waals surface area (Å²) in [5.41, 5.74) is 1.58. The SMILES string of the molecule is COc1ccc(Br)cc1C(O)Cc1ccc(F)cc1. The Morgan fingerprint density at radius 3 is 2.53 bits per heavy atom. The zero-order valence-corrected chi connectivity index (χ0v) is 12.0. The highest BCUT2D eigenvalue weighted by atomic mass is 79.9. The van der Waals surface area contributed by atoms with E-state index in [9.17, 15) is 9.50 Å². The largest absolute Gasteiger partial charge is 0.496 e. The average molecular weight is 325 g/mol. The molecule has 0 aliphatic carbocycles. The van der Waals surface area contributed by atoms with Crippen molar-refractivity contribution in [2.75, 3.05) is 7.11 Å². The second-order valence-electron chi connectivity index (χ2n) is 4.23. The van der Waals surface area contributed by atoms with Crippen molar-refractivity contribution < 1.29 is 14.2 Å². The summed E-state index contributed by atoms with van der Waals surface area (Å²) in [5.74, 6) is 0.357. The molecule has 2 rings (SSSR count). The number of hydrogen-bond acceptors (Lipinski definition) is 2. The minimum atomic E-state index is -0.696. The van der Waals surface area contributed by atoms with Crippen LogP contribution >= 0.6 is 15.9 Å². The first-order chi connectivity index (χ1) is 9.10. The fraction of sp³-hybridized carbons (Fsp3) is 0.200. The second-order valence-corrected chi connectivity index (χ2v) is 5.15. The van der Waals surface area contributed by atoms with E-state index in [0.29, 0.717) is 17.7 Å². The van der Waals surface area contributed by atoms with E-state index in [1.807, 2.05) is 12.1 Å². The van der Waals surface area contributed by atoms with Crippen molar-refractivity contribution in [3.8, 4) is 5.75 Å². The highest BCUT2D eigenvalue weighted by Crippen LogP contribution is 2.30. The molecule has 0 saturated carbocycles. The summed E-state index contributed by atoms with van der Waals surface area (Å²) < 4.78 is 18.9. The molecule has 19 heavy (non-hydrogen) atoms. The minimum Gasteiger partial charge on any atom is -0.496 e. The number of halogens is 2. The summed E-state index contributed by atoms with van der Waals surface area (Å²) in [6.07, 6.45) is -0.287. The molecule has 2 aromatic rings. The smallest absolute Gasteiger partial charge is 0.124 e. The van der Waals surface area contributed by atoms with E-state index >= 15 is 0 Å². The molecule has 1 N–H and O–H groups in total. The van der Waals surface area contributed by atoms with E-state index in [1.54, 1.807) is 25.3 Å². The topological polar surface area (TPSA) is 29.5 Å². The maximum atomic E-state index is 12.8. The van der Waals surface area contributed by atoms with Gasteiger partial charge in [0.25, 0.3) is 0 Å². The molecular formula is C15H14BrFO2. The molecule has 0 aliphatic rings. The molecule has 2 nitrogen and oxygen atoms in total. The van der Waals surface area contributed by atoms with Crippen LogP contribution in [0.25, 0.3) is 0 Å². The summed E-state index contributed by atoms with van der Waals surface area (Å²) in [4.78, 5) is 0. The predicted molar refractivity (Wildman–Crippen MR) is 75.8 cm³/mol. The molecule has 1 atom stereocenters. The van der Waals surface area contributed by atoms with Crippen molar-refractivity contribution in [2.45, 2.75) is 12.5 Å². The minimum absolute atomic E-state index is 0.279. The van der Waals surface area contributed by atoms with Crippen molar-refractivity contribution in [3.05, 3.63) is 63.9 Å². The number of ether oxygens (including phenoxy) is 1. The predicted octanol–water partition coefficient (Wildman–Crippen LogP) is 3.87. The lowest BCUT2D eigenvalue weighted by Gasteiger charge is -2.15. The molecule has 0 fully saturated rings. The van der Waals surface area contributed by atoms with Crippen LogP contribution in [0, 0.1) is 5.82 Å². The van der Waals surface area contributed by atoms with E-state index in [0.717, 1.165) is 10.0 Å². The van der Waals surface area contributed by atoms with Crippen LogP contribution in [0.5, 0.6) is 5.75 Å². The number of aliphatic hydroxyl groups excluding tert-OH is 1. The number of rotatable bonds is 4. The molecule has 100 valence electrons. The first-order valence-electron chi connectivity index (χ1n) is 5.86. The summed E-state index contributed by atoms with van der Waals surface area (Å²) in [6, 6.07) is 11.6. The quantitative estimate of drug-likeness (QED) is 0.925. The van der Waals surface area contributed by atoms with Crippen molar-refractivity contribution in [3.63, 3.8) is 0 Å². The highest BCUT2D eigenvalue weighted by molar-refractivity contribution is 9.10. The van der Waals surface area contributed by atoms with E-state index in [1.165, 1.54) is 12.1 Å². The third kappa shape index (κ3) is 3.55. The number of benzene rings is 2. The van der Waals surface area contributed by atoms with Gasteiger partial charge in [0.2, 0.25) is 0 Å². The molecule has 1 unspecified atom stereocenters. The first-order valence-corrected chi connectivity index (χ1v) is 6.65. The van der Waals surface area contributed by atoms with Gasteiger partial charge in [0.05, 0.1) is 13.2 Å². The van der Waals surface area contributed by atoms with Crippen LogP contribution in [0.1, 0.15) is 17.2 Å². The van der Waals surface area contributed by atoms with Crippen molar-refractivity contribution in [1.82, 2.24) is 0 Å². The molecular weight excluding hydrogens is 311 g/mol. The zero-order valence-electron chi connectivity index (χ0n) is 10.4. The fourth-order valence-electron chi connectivity index (χ4n) is 1.92. The summed E-state index contributed by atoms with van der Waals surface area (Å²) in [5, 5.41) is 10.3. The van der Waals surface area contributed by atoms with Gasteiger partial charge in [-0.05, 0) is 35.9 Å². The molecule has 0 radical (unpaired) electrons. The first kappa shape index (κ1) is 14.0. The fourth-order valence-corrected chi connectivity index (χ4v) is 2.30. The molecule has 0 saturated heterocycles. The van der Waals surface area contributed by atoms with Gasteiger partial charge in [-0.2, -0.15) is 0 Å². The number of aliphatic hydroxyl groups is 1. The van der Waals surface area contributed by atoms with Gasteiger partial charge >= 0.3 is 0 Å². The van der Waals surface area contributed by atoms with Gasteiger partial charge in [-0.3, -0.25) is 0 Å². The van der Waals surface area contributed by atoms with Crippen LogP contribution in [0.3, 0.4) is 0 Å². The molecule has 0 aromatic heterocycles. The van der Waals surface area contributed by atoms with Crippen LogP contribution in [0.4, 0.5) is 4.39 Å². The van der Waals surface area contributed by atoms with Crippen LogP contribution in [0.2, 0.25) is 0 Å². The Bertz CT molecular complexity index is 555. The Balaban J connectivity index is 2.21. The van der Waals surface area contributed by atoms with E-state index in [4.69, 9.17) is 4.74 Å². The van der Waals surface area contributed by atoms with Crippen LogP contribution in [0.15, 0.2) is 46.9 Å². The summed E-state index contributed by atoms with van der Waals surface area (Å²) in [7, 11) is 1.57. The lowest BCUT2D eigenvalue weighted by molar-refractivity contribution is 0.174. The molecule has 0 aliphatic heterocycles. The molecule has 0 heterocycles. The lowest BCUT2D eigenvalue weighted by atomic mass is 10.0. The van der Waals surface area contributed by atoms with Gasteiger partial charge in [0.15, 0.2) is 0 Å². The van der Waals surface area contributed by atoms with Gasteiger partial charge in [-0.15, -0.1) is 0 Å². The maximum Gasteiger partial charge on any atom is 0.124 e. The van der Waals surface area contributed by atoms with Gasteiger partial charge < -0.3 is 9.84 Å². The van der Waals surface area contributed by atoms with Crippen LogP contribution in [-0.2, 0) is 6.42 Å². The van der Waals surface area contributed by atoms with Crippen molar-refractivity contribution >= 4 is 15.9 Å². The van der Waals surface area contributed by atoms with Crippen LogP contribution in [-0.4, -0.2) is 12.2 Å². The molecule has 2 aromatic carbocycles. The maximum absolute atomic E-state index is 12.8. The Kier molecular flexibility index (Phi) is 4.56. The Labute approximate surface area is 120 Å². The Morgan fingerprint density at radius 2 is 1.89 bits per heavy atom. The van der Waals surface area contributed by atoms with Crippen LogP contribution < -0.4 is 4.74 Å². The van der Waals surface area contributed by atoms with Gasteiger partial charge in [-0.1, -0.05) is 28.1 Å². The molecule has 4 heteroatoms. The molecule has 0 bridgehead atoms. The van der Waals surface area contributed by atoms with Crippen molar-refractivity contribution in [2.24, 2.45) is 0 Å². The summed E-state index contributed by atoms with van der Waals surface area (Å²) in [6.45, 7) is 0. The third-order valence-corrected chi connectivity index (χ3v) is 3.39. The van der Waals surface area contributed by atoms with Crippen molar-refractivity contribution in [1.29, 1.82) is 0 Å². The summed E-state index contributed by atoms with van der Waals surface area (Å²) >= 11 is 3.37. The lowest BCUT2D eigenvalue weighted by Crippen LogP contribution is -2.04. The number of hydrogen-bond donors (Lipinski definition) is 1. The van der Waals surface area contributed by atoms with Gasteiger partial charge in [0.1, 0.15) is 11.6 Å². The molecule has 0 amide bonds.